The molecule has 6 rings (SSSR count). The number of carbonyl (C=O) groups is 3. The topological polar surface area (TPSA) is 122 Å². The lowest BCUT2D eigenvalue weighted by Gasteiger charge is -2.33. The van der Waals surface area contributed by atoms with Crippen molar-refractivity contribution >= 4 is 46.3 Å². The number of carbonyl (C=O) groups excluding carboxylic acids is 3. The molecule has 4 heterocycles. The summed E-state index contributed by atoms with van der Waals surface area (Å²) in [6, 6.07) is 7.45. The van der Waals surface area contributed by atoms with Crippen molar-refractivity contribution in [2.75, 3.05) is 10.6 Å². The van der Waals surface area contributed by atoms with Gasteiger partial charge in [-0.2, -0.15) is 4.68 Å². The monoisotopic (exact) mass is 521 g/mol. The number of aryl methyl sites for hydroxylation is 1. The van der Waals surface area contributed by atoms with Crippen molar-refractivity contribution in [2.45, 2.75) is 44.2 Å². The van der Waals surface area contributed by atoms with E-state index >= 15 is 4.39 Å². The third kappa shape index (κ3) is 4.14. The number of rotatable bonds is 4. The Balaban J connectivity index is 1.25. The Morgan fingerprint density at radius 2 is 2.03 bits per heavy atom. The Bertz CT molecular complexity index is 1470. The van der Waals surface area contributed by atoms with Crippen molar-refractivity contribution in [1.29, 1.82) is 0 Å². The molecule has 3 aromatic rings. The number of anilines is 2. The van der Waals surface area contributed by atoms with Crippen molar-refractivity contribution in [3.8, 4) is 5.69 Å². The van der Waals surface area contributed by atoms with Crippen LogP contribution in [0.3, 0.4) is 0 Å². The first-order valence-corrected chi connectivity index (χ1v) is 12.2. The van der Waals surface area contributed by atoms with Crippen LogP contribution < -0.4 is 10.6 Å². The van der Waals surface area contributed by atoms with E-state index in [2.05, 4.69) is 26.2 Å². The molecule has 2 atom stereocenters. The lowest BCUT2D eigenvalue weighted by molar-refractivity contribution is -0.135. The maximum absolute atomic E-state index is 15.2. The Labute approximate surface area is 215 Å². The maximum atomic E-state index is 15.2. The van der Waals surface area contributed by atoms with Crippen LogP contribution in [-0.4, -0.2) is 54.9 Å². The van der Waals surface area contributed by atoms with Gasteiger partial charge < -0.3 is 15.5 Å². The highest BCUT2D eigenvalue weighted by Crippen LogP contribution is 2.40. The minimum absolute atomic E-state index is 0.0277. The Morgan fingerprint density at radius 3 is 2.84 bits per heavy atom. The second-order valence-electron chi connectivity index (χ2n) is 9.29. The summed E-state index contributed by atoms with van der Waals surface area (Å²) in [6.45, 7) is 0. The molecule has 2 aromatic carbocycles. The van der Waals surface area contributed by atoms with E-state index < -0.39 is 11.9 Å². The van der Waals surface area contributed by atoms with Crippen LogP contribution in [0, 0.1) is 5.82 Å². The molecule has 37 heavy (non-hydrogen) atoms. The first kappa shape index (κ1) is 23.3. The van der Waals surface area contributed by atoms with Gasteiger partial charge in [0.15, 0.2) is 5.82 Å². The zero-order chi connectivity index (χ0) is 25.7. The first-order valence-electron chi connectivity index (χ1n) is 11.9. The van der Waals surface area contributed by atoms with E-state index in [1.165, 1.54) is 23.2 Å². The van der Waals surface area contributed by atoms with Gasteiger partial charge in [0.25, 0.3) is 0 Å². The predicted octanol–water partition coefficient (Wildman–Crippen LogP) is 3.12. The van der Waals surface area contributed by atoms with E-state index in [4.69, 9.17) is 11.6 Å². The first-order chi connectivity index (χ1) is 17.9. The summed E-state index contributed by atoms with van der Waals surface area (Å²) >= 11 is 6.08. The Morgan fingerprint density at radius 1 is 1.16 bits per heavy atom. The maximum Gasteiger partial charge on any atom is 0.247 e. The molecule has 2 N–H and O–H groups in total. The molecule has 0 saturated carbocycles. The number of amides is 3. The van der Waals surface area contributed by atoms with Crippen LogP contribution in [0.4, 0.5) is 15.8 Å². The zero-order valence-corrected chi connectivity index (χ0v) is 20.2. The van der Waals surface area contributed by atoms with Gasteiger partial charge in [0, 0.05) is 35.5 Å². The van der Waals surface area contributed by atoms with Gasteiger partial charge in [-0.25, -0.2) is 4.39 Å². The quantitative estimate of drug-likeness (QED) is 0.544. The van der Waals surface area contributed by atoms with E-state index in [-0.39, 0.29) is 34.3 Å². The normalized spacial score (nSPS) is 20.7. The lowest BCUT2D eigenvalue weighted by Crippen LogP contribution is -2.48. The molecule has 0 bridgehead atoms. The molecule has 0 radical (unpaired) electrons. The summed E-state index contributed by atoms with van der Waals surface area (Å²) in [7, 11) is 0. The fourth-order valence-corrected chi connectivity index (χ4v) is 5.54. The number of tetrazole rings is 1. The smallest absolute Gasteiger partial charge is 0.247 e. The molecule has 0 unspecified atom stereocenters. The SMILES string of the molecule is O=C1CCc2cc(NC(=O)[C@@H]3CC[C@@H]4CC(c5c(-n6cnnn6)ccc(Cl)c5F)=CC(=O)N43)ccc2N1. The number of nitrogens with zero attached hydrogens (tertiary/aromatic N) is 5. The number of nitrogens with one attached hydrogen (secondary N) is 2. The number of halogens is 2. The molecular weight excluding hydrogens is 501 g/mol. The highest BCUT2D eigenvalue weighted by Gasteiger charge is 2.43. The molecule has 12 heteroatoms. The van der Waals surface area contributed by atoms with Crippen molar-refractivity contribution < 1.29 is 18.8 Å². The zero-order valence-electron chi connectivity index (χ0n) is 19.4. The average Bonchev–Trinajstić information content (AvgIpc) is 3.56. The summed E-state index contributed by atoms with van der Waals surface area (Å²) in [5.74, 6) is -1.33. The molecule has 1 aromatic heterocycles. The highest BCUT2D eigenvalue weighted by molar-refractivity contribution is 6.31. The van der Waals surface area contributed by atoms with E-state index in [1.54, 1.807) is 23.1 Å². The van der Waals surface area contributed by atoms with Crippen LogP contribution >= 0.6 is 11.6 Å². The van der Waals surface area contributed by atoms with Crippen LogP contribution in [0.2, 0.25) is 5.02 Å². The van der Waals surface area contributed by atoms with Gasteiger partial charge >= 0.3 is 0 Å². The molecular formula is C25H21ClFN7O3. The van der Waals surface area contributed by atoms with Gasteiger partial charge in [-0.15, -0.1) is 5.10 Å². The minimum atomic E-state index is -0.655. The van der Waals surface area contributed by atoms with Gasteiger partial charge in [0.1, 0.15) is 12.4 Å². The van der Waals surface area contributed by atoms with Crippen molar-refractivity contribution in [2.24, 2.45) is 0 Å². The van der Waals surface area contributed by atoms with Gasteiger partial charge in [0.2, 0.25) is 17.7 Å². The molecule has 1 fully saturated rings. The van der Waals surface area contributed by atoms with Crippen molar-refractivity contribution in [3.63, 3.8) is 0 Å². The number of benzene rings is 2. The van der Waals surface area contributed by atoms with Crippen LogP contribution in [0.25, 0.3) is 11.3 Å². The highest BCUT2D eigenvalue weighted by atomic mass is 35.5. The minimum Gasteiger partial charge on any atom is -0.326 e. The van der Waals surface area contributed by atoms with Gasteiger partial charge in [-0.1, -0.05) is 11.6 Å². The number of fused-ring (bicyclic) bond motifs is 2. The summed E-state index contributed by atoms with van der Waals surface area (Å²) in [6.07, 6.45) is 5.15. The van der Waals surface area contributed by atoms with E-state index in [0.717, 1.165) is 11.3 Å². The molecule has 1 saturated heterocycles. The molecule has 188 valence electrons. The van der Waals surface area contributed by atoms with E-state index in [9.17, 15) is 14.4 Å². The molecule has 10 nitrogen and oxygen atoms in total. The second kappa shape index (κ2) is 9.07. The van der Waals surface area contributed by atoms with Gasteiger partial charge in [0.05, 0.1) is 10.7 Å². The van der Waals surface area contributed by atoms with Gasteiger partial charge in [-0.3, -0.25) is 14.4 Å². The van der Waals surface area contributed by atoms with E-state index in [0.29, 0.717) is 49.1 Å². The standard InChI is InChI=1S/C25H21ClFN7O3/c26-17-4-7-19(33-12-28-31-32-33)23(24(17)27)14-10-16-3-6-20(34(16)22(36)11-14)25(37)29-15-2-5-18-13(9-15)1-8-21(35)30-18/h2,4-5,7,9,11-12,16,20H,1,3,6,8,10H2,(H,29,37)(H,30,35)/t16-,20+/m1/s1. The third-order valence-electron chi connectivity index (χ3n) is 7.07. The molecule has 3 amide bonds. The Hall–Kier alpha value is -4.12. The molecule has 0 aliphatic carbocycles. The third-order valence-corrected chi connectivity index (χ3v) is 7.36. The van der Waals surface area contributed by atoms with Crippen molar-refractivity contribution in [1.82, 2.24) is 25.1 Å². The number of hydrogen-bond acceptors (Lipinski definition) is 6. The number of aromatic nitrogens is 4. The fraction of sp³-hybridized carbons (Fsp3) is 0.280. The lowest BCUT2D eigenvalue weighted by atomic mass is 9.92. The molecule has 3 aliphatic heterocycles. The van der Waals surface area contributed by atoms with E-state index in [1.807, 2.05) is 6.07 Å². The summed E-state index contributed by atoms with van der Waals surface area (Å²) in [4.78, 5) is 39.6. The summed E-state index contributed by atoms with van der Waals surface area (Å²) in [5, 5.41) is 16.7. The largest absolute Gasteiger partial charge is 0.326 e. The fourth-order valence-electron chi connectivity index (χ4n) is 5.38. The second-order valence-corrected chi connectivity index (χ2v) is 9.69. The van der Waals surface area contributed by atoms with Crippen LogP contribution in [0.15, 0.2) is 42.7 Å². The summed E-state index contributed by atoms with van der Waals surface area (Å²) < 4.78 is 16.6. The Kier molecular flexibility index (Phi) is 5.71. The van der Waals surface area contributed by atoms with Gasteiger partial charge in [-0.05, 0) is 77.6 Å². The van der Waals surface area contributed by atoms with Crippen LogP contribution in [-0.2, 0) is 20.8 Å². The predicted molar refractivity (Wildman–Crippen MR) is 132 cm³/mol. The summed E-state index contributed by atoms with van der Waals surface area (Å²) in [5.41, 5.74) is 3.32. The average molecular weight is 522 g/mol. The number of hydrogen-bond donors (Lipinski definition) is 2. The van der Waals surface area contributed by atoms with Crippen LogP contribution in [0.1, 0.15) is 36.8 Å². The van der Waals surface area contributed by atoms with Crippen LogP contribution in [0.5, 0.6) is 0 Å². The molecule has 3 aliphatic rings. The van der Waals surface area contributed by atoms with Crippen molar-refractivity contribution in [3.05, 3.63) is 64.7 Å². The molecule has 0 spiro atoms.